The number of carbonyl (C=O) groups excluding carboxylic acids is 1. The zero-order chi connectivity index (χ0) is 17.4. The molecule has 2 atom stereocenters. The summed E-state index contributed by atoms with van der Waals surface area (Å²) in [6.45, 7) is 4.95. The average molecular weight is 339 g/mol. The first-order chi connectivity index (χ1) is 12.1. The Balaban J connectivity index is 1.64. The molecule has 130 valence electrons. The van der Waals surface area contributed by atoms with Crippen molar-refractivity contribution in [2.24, 2.45) is 5.92 Å². The summed E-state index contributed by atoms with van der Waals surface area (Å²) in [6, 6.07) is 6.56. The second-order valence-corrected chi connectivity index (χ2v) is 7.00. The van der Waals surface area contributed by atoms with Crippen LogP contribution in [0, 0.1) is 5.92 Å². The molecular formula is C20H21NO4. The summed E-state index contributed by atoms with van der Waals surface area (Å²) in [5, 5.41) is 12.4. The fraction of sp³-hybridized carbons (Fsp3) is 0.350. The molecule has 5 nitrogen and oxygen atoms in total. The number of benzene rings is 1. The third kappa shape index (κ3) is 3.07. The zero-order valence-corrected chi connectivity index (χ0v) is 14.2. The monoisotopic (exact) mass is 339 g/mol. The minimum absolute atomic E-state index is 0.0588. The number of hydrogen-bond acceptors (Lipinski definition) is 4. The Hall–Kier alpha value is -2.53. The number of nitrogens with one attached hydrogen (secondary N) is 1. The molecule has 1 N–H and O–H groups in total. The molecule has 1 saturated heterocycles. The van der Waals surface area contributed by atoms with Crippen molar-refractivity contribution in [2.45, 2.75) is 26.3 Å². The van der Waals surface area contributed by atoms with Crippen LogP contribution in [0.15, 0.2) is 40.7 Å². The summed E-state index contributed by atoms with van der Waals surface area (Å²) in [6.07, 6.45) is 5.53. The van der Waals surface area contributed by atoms with Gasteiger partial charge in [-0.1, -0.05) is 18.7 Å². The molecule has 1 fully saturated rings. The minimum atomic E-state index is -0.199. The third-order valence-electron chi connectivity index (χ3n) is 5.01. The van der Waals surface area contributed by atoms with Gasteiger partial charge in [0.1, 0.15) is 18.1 Å². The summed E-state index contributed by atoms with van der Waals surface area (Å²) in [5.74, 6) is 1.59. The van der Waals surface area contributed by atoms with Gasteiger partial charge in [-0.05, 0) is 31.0 Å². The highest BCUT2D eigenvalue weighted by Crippen LogP contribution is 2.38. The van der Waals surface area contributed by atoms with Gasteiger partial charge >= 0.3 is 0 Å². The lowest BCUT2D eigenvalue weighted by Crippen LogP contribution is -3.12. The van der Waals surface area contributed by atoms with Gasteiger partial charge in [0.15, 0.2) is 5.76 Å². The summed E-state index contributed by atoms with van der Waals surface area (Å²) in [7, 11) is 0. The van der Waals surface area contributed by atoms with Crippen molar-refractivity contribution in [3.05, 3.63) is 53.2 Å². The number of rotatable bonds is 3. The molecule has 0 saturated carbocycles. The van der Waals surface area contributed by atoms with Gasteiger partial charge in [-0.2, -0.15) is 0 Å². The number of carbonyl (C=O) groups is 1. The number of quaternary nitrogens is 1. The standard InChI is InChI=1S/C20H21NO4/c1-13-4-2-8-21(11-13)12-16-17(22)7-6-15-19(23)18(25-20(15)16)10-14-5-3-9-24-14/h3,5-7,9-10,13,22H,2,4,8,11-12H2,1H3. The Labute approximate surface area is 146 Å². The number of likely N-dealkylation sites (tertiary alicyclic amines) is 1. The first kappa shape index (κ1) is 16.0. The number of hydrogen-bond donors (Lipinski definition) is 1. The van der Waals surface area contributed by atoms with E-state index in [-0.39, 0.29) is 17.3 Å². The van der Waals surface area contributed by atoms with Crippen LogP contribution in [-0.4, -0.2) is 18.9 Å². The van der Waals surface area contributed by atoms with Gasteiger partial charge in [-0.25, -0.2) is 0 Å². The number of furan rings is 1. The van der Waals surface area contributed by atoms with Gasteiger partial charge in [-0.15, -0.1) is 0 Å². The fourth-order valence-electron chi connectivity index (χ4n) is 3.77. The molecule has 2 aliphatic heterocycles. The van der Waals surface area contributed by atoms with Gasteiger partial charge in [0.2, 0.25) is 5.78 Å². The molecule has 0 aliphatic carbocycles. The maximum Gasteiger partial charge on any atom is 0.232 e. The van der Waals surface area contributed by atoms with Gasteiger partial charge in [-0.3, -0.25) is 4.79 Å². The zero-order valence-electron chi connectivity index (χ0n) is 14.2. The van der Waals surface area contributed by atoms with Gasteiger partial charge < -0.3 is 19.2 Å². The van der Waals surface area contributed by atoms with Crippen molar-refractivity contribution in [3.63, 3.8) is 0 Å². The smallest absolute Gasteiger partial charge is 0.232 e. The van der Waals surface area contributed by atoms with Crippen molar-refractivity contribution >= 4 is 11.9 Å². The van der Waals surface area contributed by atoms with Gasteiger partial charge in [0.25, 0.3) is 0 Å². The highest BCUT2D eigenvalue weighted by atomic mass is 16.5. The number of allylic oxidation sites excluding steroid dienone is 1. The largest absolute Gasteiger partial charge is 0.872 e. The van der Waals surface area contributed by atoms with Crippen LogP contribution in [0.1, 0.15) is 41.4 Å². The van der Waals surface area contributed by atoms with E-state index in [9.17, 15) is 9.90 Å². The quantitative estimate of drug-likeness (QED) is 0.866. The summed E-state index contributed by atoms with van der Waals surface area (Å²) >= 11 is 0. The molecule has 0 spiro atoms. The van der Waals surface area contributed by atoms with Crippen molar-refractivity contribution in [3.8, 4) is 11.5 Å². The van der Waals surface area contributed by atoms with Crippen molar-refractivity contribution < 1.29 is 24.0 Å². The Bertz CT molecular complexity index is 822. The summed E-state index contributed by atoms with van der Waals surface area (Å²) in [4.78, 5) is 14.0. The van der Waals surface area contributed by atoms with E-state index in [1.807, 2.05) is 0 Å². The molecule has 2 aromatic rings. The molecule has 1 aromatic heterocycles. The predicted molar refractivity (Wildman–Crippen MR) is 90.3 cm³/mol. The first-order valence-corrected chi connectivity index (χ1v) is 8.76. The van der Waals surface area contributed by atoms with E-state index < -0.39 is 0 Å². The van der Waals surface area contributed by atoms with E-state index in [4.69, 9.17) is 9.15 Å². The molecule has 2 unspecified atom stereocenters. The average Bonchev–Trinajstić information content (AvgIpc) is 3.20. The lowest BCUT2D eigenvalue weighted by molar-refractivity contribution is -0.922. The SMILES string of the molecule is CC1CCC[NH+](Cc2c([O-])ccc3c2OC(=Cc2ccco2)C3=O)C1. The molecule has 2 aliphatic rings. The van der Waals surface area contributed by atoms with E-state index in [2.05, 4.69) is 6.92 Å². The summed E-state index contributed by atoms with van der Waals surface area (Å²) < 4.78 is 11.1. The molecular weight excluding hydrogens is 318 g/mol. The van der Waals surface area contributed by atoms with Crippen LogP contribution in [0.2, 0.25) is 0 Å². The minimum Gasteiger partial charge on any atom is -0.872 e. The lowest BCUT2D eigenvalue weighted by atomic mass is 9.99. The Kier molecular flexibility index (Phi) is 4.09. The molecule has 0 radical (unpaired) electrons. The number of fused-ring (bicyclic) bond motifs is 1. The van der Waals surface area contributed by atoms with E-state index >= 15 is 0 Å². The van der Waals surface area contributed by atoms with Crippen LogP contribution < -0.4 is 14.7 Å². The predicted octanol–water partition coefficient (Wildman–Crippen LogP) is 1.78. The second-order valence-electron chi connectivity index (χ2n) is 7.00. The lowest BCUT2D eigenvalue weighted by Gasteiger charge is -2.29. The first-order valence-electron chi connectivity index (χ1n) is 8.76. The van der Waals surface area contributed by atoms with Crippen molar-refractivity contribution in [2.75, 3.05) is 13.1 Å². The van der Waals surface area contributed by atoms with Crippen molar-refractivity contribution in [1.29, 1.82) is 0 Å². The fourth-order valence-corrected chi connectivity index (χ4v) is 3.77. The highest BCUT2D eigenvalue weighted by Gasteiger charge is 2.32. The van der Waals surface area contributed by atoms with Crippen LogP contribution in [0.5, 0.6) is 11.5 Å². The highest BCUT2D eigenvalue weighted by molar-refractivity contribution is 6.14. The maximum atomic E-state index is 12.6. The topological polar surface area (TPSA) is 66.9 Å². The van der Waals surface area contributed by atoms with E-state index in [0.717, 1.165) is 13.1 Å². The van der Waals surface area contributed by atoms with Crippen LogP contribution in [-0.2, 0) is 6.54 Å². The van der Waals surface area contributed by atoms with Crippen molar-refractivity contribution in [1.82, 2.24) is 0 Å². The van der Waals surface area contributed by atoms with Crippen LogP contribution in [0.4, 0.5) is 0 Å². The molecule has 5 heteroatoms. The molecule has 25 heavy (non-hydrogen) atoms. The number of ketones is 1. The normalized spacial score (nSPS) is 24.4. The van der Waals surface area contributed by atoms with Crippen LogP contribution in [0.3, 0.4) is 0 Å². The van der Waals surface area contributed by atoms with E-state index in [1.54, 1.807) is 30.5 Å². The summed E-state index contributed by atoms with van der Waals surface area (Å²) in [5.41, 5.74) is 1.08. The number of piperidine rings is 1. The maximum absolute atomic E-state index is 12.6. The van der Waals surface area contributed by atoms with Crippen LogP contribution in [0.25, 0.3) is 6.08 Å². The van der Waals surface area contributed by atoms with Crippen LogP contribution >= 0.6 is 0 Å². The number of ether oxygens (including phenoxy) is 1. The Morgan fingerprint density at radius 3 is 3.00 bits per heavy atom. The molecule has 4 rings (SSSR count). The van der Waals surface area contributed by atoms with E-state index in [0.29, 0.717) is 35.1 Å². The third-order valence-corrected chi connectivity index (χ3v) is 5.01. The van der Waals surface area contributed by atoms with Gasteiger partial charge in [0.05, 0.1) is 24.9 Å². The molecule has 3 heterocycles. The Morgan fingerprint density at radius 2 is 2.24 bits per heavy atom. The molecule has 1 aromatic carbocycles. The second kappa shape index (κ2) is 6.41. The Morgan fingerprint density at radius 1 is 1.36 bits per heavy atom. The molecule has 0 amide bonds. The van der Waals surface area contributed by atoms with Gasteiger partial charge in [0, 0.05) is 17.6 Å². The number of Topliss-reactive ketones (excluding diaryl/α,β-unsaturated/α-hetero) is 1. The van der Waals surface area contributed by atoms with E-state index in [1.165, 1.54) is 23.8 Å². The molecule has 0 bridgehead atoms.